The molecule has 0 unspecified atom stereocenters. The van der Waals surface area contributed by atoms with Crippen molar-refractivity contribution in [3.8, 4) is 11.5 Å². The molecule has 1 aromatic carbocycles. The highest BCUT2D eigenvalue weighted by atomic mass is 32.3. The van der Waals surface area contributed by atoms with Gasteiger partial charge in [0, 0.05) is 6.07 Å². The number of carbonyl (C=O) groups excluding carboxylic acids is 1. The van der Waals surface area contributed by atoms with E-state index in [9.17, 15) is 17.1 Å². The van der Waals surface area contributed by atoms with Gasteiger partial charge in [-0.2, -0.15) is 8.42 Å². The van der Waals surface area contributed by atoms with Crippen LogP contribution in [0, 0.1) is 0 Å². The summed E-state index contributed by atoms with van der Waals surface area (Å²) in [6.45, 7) is 0. The van der Waals surface area contributed by atoms with Crippen LogP contribution in [0.1, 0.15) is 10.4 Å². The molecule has 16 heavy (non-hydrogen) atoms. The number of nitrogens with two attached hydrogens (primary N) is 1. The minimum atomic E-state index is -5.22. The summed E-state index contributed by atoms with van der Waals surface area (Å²) in [6, 6.07) is 3.57. The van der Waals surface area contributed by atoms with E-state index in [1.54, 1.807) is 0 Å². The molecular weight excluding hydrogens is 241 g/mol. The number of hydrogen-bond donors (Lipinski definition) is 1. The summed E-state index contributed by atoms with van der Waals surface area (Å²) < 4.78 is 41.6. The van der Waals surface area contributed by atoms with Gasteiger partial charge in [-0.15, -0.1) is 0 Å². The minimum absolute atomic E-state index is 0.198. The van der Waals surface area contributed by atoms with Gasteiger partial charge in [-0.3, -0.25) is 4.79 Å². The molecule has 0 saturated carbocycles. The minimum Gasteiger partial charge on any atom is -0.497 e. The molecule has 0 fully saturated rings. The summed E-state index contributed by atoms with van der Waals surface area (Å²) in [5.74, 6) is -1.26. The summed E-state index contributed by atoms with van der Waals surface area (Å²) in [5.41, 5.74) is 4.69. The van der Waals surface area contributed by atoms with Crippen LogP contribution in [0.2, 0.25) is 0 Å². The molecule has 0 aromatic heterocycles. The Morgan fingerprint density at radius 2 is 2.06 bits per heavy atom. The molecule has 0 heterocycles. The van der Waals surface area contributed by atoms with Crippen LogP contribution < -0.4 is 14.7 Å². The molecule has 1 amide bonds. The second-order valence-corrected chi connectivity index (χ2v) is 3.66. The maximum atomic E-state index is 12.3. The number of hydrogen-bond acceptors (Lipinski definition) is 5. The number of ether oxygens (including phenoxy) is 1. The van der Waals surface area contributed by atoms with Crippen molar-refractivity contribution in [3.63, 3.8) is 0 Å². The summed E-state index contributed by atoms with van der Waals surface area (Å²) in [7, 11) is -3.91. The number of rotatable bonds is 4. The largest absolute Gasteiger partial charge is 0.497 e. The normalized spacial score (nSPS) is 10.9. The Balaban J connectivity index is 3.26. The van der Waals surface area contributed by atoms with Crippen molar-refractivity contribution in [2.75, 3.05) is 7.11 Å². The molecule has 8 heteroatoms. The second-order valence-electron chi connectivity index (χ2n) is 2.70. The Kier molecular flexibility index (Phi) is 3.33. The molecule has 0 aliphatic heterocycles. The van der Waals surface area contributed by atoms with E-state index in [0.29, 0.717) is 0 Å². The van der Waals surface area contributed by atoms with Crippen LogP contribution in [-0.2, 0) is 10.5 Å². The number of halogens is 1. The molecule has 0 atom stereocenters. The summed E-state index contributed by atoms with van der Waals surface area (Å²) in [6.07, 6.45) is 0. The Morgan fingerprint density at radius 1 is 1.44 bits per heavy atom. The van der Waals surface area contributed by atoms with E-state index in [1.807, 2.05) is 0 Å². The van der Waals surface area contributed by atoms with Crippen LogP contribution in [0.4, 0.5) is 3.89 Å². The van der Waals surface area contributed by atoms with Gasteiger partial charge in [-0.1, -0.05) is 3.89 Å². The number of benzene rings is 1. The van der Waals surface area contributed by atoms with Crippen molar-refractivity contribution in [2.45, 2.75) is 0 Å². The predicted octanol–water partition coefficient (Wildman–Crippen LogP) is 0.387. The molecule has 0 aliphatic rings. The fourth-order valence-electron chi connectivity index (χ4n) is 1.01. The first-order valence-corrected chi connectivity index (χ1v) is 5.26. The van der Waals surface area contributed by atoms with Crippen LogP contribution in [0.25, 0.3) is 0 Å². The van der Waals surface area contributed by atoms with Gasteiger partial charge in [0.05, 0.1) is 12.7 Å². The number of methoxy groups -OCH3 is 1. The first kappa shape index (κ1) is 12.2. The maximum absolute atomic E-state index is 12.3. The highest BCUT2D eigenvalue weighted by Gasteiger charge is 2.17. The standard InChI is InChI=1S/C8H8FNO5S/c1-14-5-2-3-6(8(10)11)7(4-5)15-16(9,12)13/h2-4H,1H3,(H2,10,11). The predicted molar refractivity (Wildman–Crippen MR) is 52.2 cm³/mol. The van der Waals surface area contributed by atoms with Crippen LogP contribution in [0.3, 0.4) is 0 Å². The van der Waals surface area contributed by atoms with Crippen molar-refractivity contribution < 1.29 is 26.0 Å². The first-order valence-electron chi connectivity index (χ1n) is 3.95. The van der Waals surface area contributed by atoms with E-state index in [1.165, 1.54) is 19.2 Å². The highest BCUT2D eigenvalue weighted by Crippen LogP contribution is 2.25. The van der Waals surface area contributed by atoms with E-state index < -0.39 is 22.2 Å². The summed E-state index contributed by atoms with van der Waals surface area (Å²) >= 11 is 0. The molecule has 0 aliphatic carbocycles. The van der Waals surface area contributed by atoms with E-state index in [2.05, 4.69) is 4.18 Å². The summed E-state index contributed by atoms with van der Waals surface area (Å²) in [5, 5.41) is 0. The van der Waals surface area contributed by atoms with Gasteiger partial charge < -0.3 is 14.7 Å². The van der Waals surface area contributed by atoms with Gasteiger partial charge in [-0.25, -0.2) is 0 Å². The molecule has 1 rings (SSSR count). The zero-order valence-corrected chi connectivity index (χ0v) is 8.95. The van der Waals surface area contributed by atoms with Crippen molar-refractivity contribution in [1.82, 2.24) is 0 Å². The van der Waals surface area contributed by atoms with Crippen LogP contribution >= 0.6 is 0 Å². The Morgan fingerprint density at radius 3 is 2.50 bits per heavy atom. The second kappa shape index (κ2) is 4.35. The van der Waals surface area contributed by atoms with Crippen molar-refractivity contribution in [1.29, 1.82) is 0 Å². The van der Waals surface area contributed by atoms with E-state index >= 15 is 0 Å². The van der Waals surface area contributed by atoms with Gasteiger partial charge in [-0.05, 0) is 12.1 Å². The molecule has 2 N–H and O–H groups in total. The molecule has 0 spiro atoms. The van der Waals surface area contributed by atoms with E-state index in [-0.39, 0.29) is 11.3 Å². The Bertz CT molecular complexity index is 513. The lowest BCUT2D eigenvalue weighted by molar-refractivity contribution is 0.0999. The van der Waals surface area contributed by atoms with Gasteiger partial charge in [0.15, 0.2) is 5.75 Å². The average molecular weight is 249 g/mol. The van der Waals surface area contributed by atoms with Crippen LogP contribution in [-0.4, -0.2) is 21.4 Å². The molecule has 1 aromatic rings. The molecule has 0 bridgehead atoms. The smallest absolute Gasteiger partial charge is 0.488 e. The van der Waals surface area contributed by atoms with Crippen LogP contribution in [0.5, 0.6) is 11.5 Å². The lowest BCUT2D eigenvalue weighted by atomic mass is 10.2. The van der Waals surface area contributed by atoms with Crippen LogP contribution in [0.15, 0.2) is 18.2 Å². The van der Waals surface area contributed by atoms with E-state index in [0.717, 1.165) is 6.07 Å². The fraction of sp³-hybridized carbons (Fsp3) is 0.125. The lowest BCUT2D eigenvalue weighted by Gasteiger charge is -2.07. The zero-order valence-electron chi connectivity index (χ0n) is 8.14. The average Bonchev–Trinajstić information content (AvgIpc) is 2.14. The quantitative estimate of drug-likeness (QED) is 0.778. The third kappa shape index (κ3) is 3.09. The third-order valence-corrected chi connectivity index (χ3v) is 2.02. The first-order chi connectivity index (χ1) is 7.33. The Hall–Kier alpha value is -1.83. The molecule has 88 valence electrons. The van der Waals surface area contributed by atoms with Gasteiger partial charge in [0.1, 0.15) is 5.75 Å². The van der Waals surface area contributed by atoms with Crippen molar-refractivity contribution >= 4 is 16.4 Å². The molecule has 6 nitrogen and oxygen atoms in total. The van der Waals surface area contributed by atoms with Crippen molar-refractivity contribution in [3.05, 3.63) is 23.8 Å². The van der Waals surface area contributed by atoms with Gasteiger partial charge >= 0.3 is 10.5 Å². The van der Waals surface area contributed by atoms with E-state index in [4.69, 9.17) is 10.5 Å². The number of carbonyl (C=O) groups is 1. The maximum Gasteiger partial charge on any atom is 0.488 e. The highest BCUT2D eigenvalue weighted by molar-refractivity contribution is 7.81. The van der Waals surface area contributed by atoms with Gasteiger partial charge in [0.2, 0.25) is 0 Å². The number of primary amides is 1. The number of amides is 1. The fourth-order valence-corrected chi connectivity index (χ4v) is 1.36. The zero-order chi connectivity index (χ0) is 12.3. The molecule has 0 radical (unpaired) electrons. The van der Waals surface area contributed by atoms with Crippen molar-refractivity contribution in [2.24, 2.45) is 5.73 Å². The SMILES string of the molecule is COc1ccc(C(N)=O)c(OS(=O)(=O)F)c1. The summed E-state index contributed by atoms with van der Waals surface area (Å²) in [4.78, 5) is 10.9. The van der Waals surface area contributed by atoms with Gasteiger partial charge in [0.25, 0.3) is 5.91 Å². The molecule has 0 saturated heterocycles. The Labute approximate surface area is 91.2 Å². The monoisotopic (exact) mass is 249 g/mol. The topological polar surface area (TPSA) is 95.7 Å². The lowest BCUT2D eigenvalue weighted by Crippen LogP contribution is -2.14. The third-order valence-electron chi connectivity index (χ3n) is 1.64. The molecular formula is C8H8FNO5S.